The maximum absolute atomic E-state index is 13.6. The number of nitrogens with one attached hydrogen (secondary N) is 1. The fraction of sp³-hybridized carbons (Fsp3) is 0.296. The number of hydrogen-bond acceptors (Lipinski definition) is 3. The molecule has 0 saturated carbocycles. The van der Waals surface area contributed by atoms with Gasteiger partial charge in [0.25, 0.3) is 0 Å². The van der Waals surface area contributed by atoms with E-state index in [4.69, 9.17) is 23.2 Å². The summed E-state index contributed by atoms with van der Waals surface area (Å²) in [6.45, 7) is 1.20. The predicted octanol–water partition coefficient (Wildman–Crippen LogP) is 5.36. The zero-order valence-corrected chi connectivity index (χ0v) is 21.6. The predicted molar refractivity (Wildman–Crippen MR) is 140 cm³/mol. The third-order valence-electron chi connectivity index (χ3n) is 6.35. The summed E-state index contributed by atoms with van der Waals surface area (Å²) >= 11 is 12.2. The molecule has 0 aromatic heterocycles. The van der Waals surface area contributed by atoms with Crippen molar-refractivity contribution in [3.63, 3.8) is 0 Å². The molecule has 1 amide bonds. The van der Waals surface area contributed by atoms with Gasteiger partial charge in [-0.25, -0.2) is 8.42 Å². The molecule has 3 aromatic carbocycles. The Hall–Kier alpha value is -2.38. The molecule has 1 saturated heterocycles. The second-order valence-corrected chi connectivity index (χ2v) is 11.4. The van der Waals surface area contributed by atoms with Crippen LogP contribution in [0.5, 0.6) is 0 Å². The lowest BCUT2D eigenvalue weighted by Gasteiger charge is -2.34. The summed E-state index contributed by atoms with van der Waals surface area (Å²) in [5, 5.41) is 0.302. The van der Waals surface area contributed by atoms with E-state index in [-0.39, 0.29) is 27.3 Å². The number of sulfonamides is 1. The van der Waals surface area contributed by atoms with Gasteiger partial charge in [-0.05, 0) is 60.9 Å². The van der Waals surface area contributed by atoms with E-state index in [1.54, 1.807) is 4.90 Å². The average Bonchev–Trinajstić information content (AvgIpc) is 2.86. The van der Waals surface area contributed by atoms with Gasteiger partial charge in [0.05, 0.1) is 5.02 Å². The zero-order chi connectivity index (χ0) is 24.8. The standard InChI is InChI=1S/C27H28Cl2N2O3S/c28-23-11-12-24(29)26(19-23)35(33,34)30-25(18-21-9-5-2-6-10-21)27(32)31-15-13-22(14-16-31)17-20-7-3-1-4-8-20/h1-12,19,22,25,30H,13-18H2/t25-/m1/s1. The molecule has 0 radical (unpaired) electrons. The number of amides is 1. The van der Waals surface area contributed by atoms with Crippen LogP contribution in [0.25, 0.3) is 0 Å². The molecule has 1 aliphatic heterocycles. The molecule has 0 unspecified atom stereocenters. The SMILES string of the molecule is O=C([C@@H](Cc1ccccc1)NS(=O)(=O)c1cc(Cl)ccc1Cl)N1CCC(Cc2ccccc2)CC1. The molecule has 0 spiro atoms. The van der Waals surface area contributed by atoms with Crippen LogP contribution >= 0.6 is 23.2 Å². The lowest BCUT2D eigenvalue weighted by molar-refractivity contribution is -0.134. The molecule has 4 rings (SSSR count). The number of nitrogens with zero attached hydrogens (tertiary/aromatic N) is 1. The minimum absolute atomic E-state index is 0.0505. The summed E-state index contributed by atoms with van der Waals surface area (Å²) in [4.78, 5) is 15.2. The van der Waals surface area contributed by atoms with Crippen molar-refractivity contribution in [2.75, 3.05) is 13.1 Å². The zero-order valence-electron chi connectivity index (χ0n) is 19.2. The molecular weight excluding hydrogens is 503 g/mol. The van der Waals surface area contributed by atoms with Crippen molar-refractivity contribution < 1.29 is 13.2 Å². The van der Waals surface area contributed by atoms with Crippen molar-refractivity contribution in [2.24, 2.45) is 5.92 Å². The van der Waals surface area contributed by atoms with Crippen LogP contribution in [-0.4, -0.2) is 38.4 Å². The molecule has 3 aromatic rings. The van der Waals surface area contributed by atoms with Crippen LogP contribution in [0.3, 0.4) is 0 Å². The van der Waals surface area contributed by atoms with Crippen molar-refractivity contribution in [2.45, 2.75) is 36.6 Å². The van der Waals surface area contributed by atoms with E-state index in [9.17, 15) is 13.2 Å². The van der Waals surface area contributed by atoms with Crippen LogP contribution in [0, 0.1) is 5.92 Å². The van der Waals surface area contributed by atoms with Gasteiger partial charge in [-0.3, -0.25) is 4.79 Å². The molecule has 5 nitrogen and oxygen atoms in total. The Morgan fingerprint density at radius 2 is 1.51 bits per heavy atom. The van der Waals surface area contributed by atoms with E-state index in [0.717, 1.165) is 24.8 Å². The van der Waals surface area contributed by atoms with Crippen molar-refractivity contribution in [1.29, 1.82) is 0 Å². The summed E-state index contributed by atoms with van der Waals surface area (Å²) < 4.78 is 29.1. The smallest absolute Gasteiger partial charge is 0.242 e. The molecule has 0 bridgehead atoms. The van der Waals surface area contributed by atoms with Gasteiger partial charge < -0.3 is 4.90 Å². The number of rotatable bonds is 8. The quantitative estimate of drug-likeness (QED) is 0.426. The van der Waals surface area contributed by atoms with Gasteiger partial charge >= 0.3 is 0 Å². The Morgan fingerprint density at radius 3 is 2.14 bits per heavy atom. The van der Waals surface area contributed by atoms with Crippen molar-refractivity contribution in [3.05, 3.63) is 100 Å². The first-order valence-corrected chi connectivity index (χ1v) is 13.9. The fourth-order valence-electron chi connectivity index (χ4n) is 4.49. The van der Waals surface area contributed by atoms with Gasteiger partial charge in [0.1, 0.15) is 10.9 Å². The van der Waals surface area contributed by atoms with Gasteiger partial charge in [0.15, 0.2) is 0 Å². The van der Waals surface area contributed by atoms with E-state index in [1.165, 1.54) is 23.8 Å². The molecule has 1 aliphatic rings. The van der Waals surface area contributed by atoms with Gasteiger partial charge in [-0.1, -0.05) is 83.9 Å². The van der Waals surface area contributed by atoms with Gasteiger partial charge in [0, 0.05) is 18.1 Å². The Balaban J connectivity index is 1.49. The minimum Gasteiger partial charge on any atom is -0.341 e. The van der Waals surface area contributed by atoms with Gasteiger partial charge in [-0.2, -0.15) is 4.72 Å². The van der Waals surface area contributed by atoms with Crippen molar-refractivity contribution in [1.82, 2.24) is 9.62 Å². The van der Waals surface area contributed by atoms with Crippen LogP contribution in [-0.2, 0) is 27.7 Å². The van der Waals surface area contributed by atoms with Crippen LogP contribution in [0.15, 0.2) is 83.8 Å². The number of likely N-dealkylation sites (tertiary alicyclic amines) is 1. The Labute approximate surface area is 217 Å². The highest BCUT2D eigenvalue weighted by atomic mass is 35.5. The Kier molecular flexibility index (Phi) is 8.50. The highest BCUT2D eigenvalue weighted by molar-refractivity contribution is 7.89. The summed E-state index contributed by atoms with van der Waals surface area (Å²) in [6.07, 6.45) is 2.98. The summed E-state index contributed by atoms with van der Waals surface area (Å²) in [7, 11) is -4.08. The van der Waals surface area contributed by atoms with E-state index in [0.29, 0.717) is 19.0 Å². The average molecular weight is 532 g/mol. The topological polar surface area (TPSA) is 66.5 Å². The molecule has 184 valence electrons. The Morgan fingerprint density at radius 1 is 0.914 bits per heavy atom. The third-order valence-corrected chi connectivity index (χ3v) is 8.54. The fourth-order valence-corrected chi connectivity index (χ4v) is 6.44. The highest BCUT2D eigenvalue weighted by Crippen LogP contribution is 2.26. The maximum Gasteiger partial charge on any atom is 0.242 e. The van der Waals surface area contributed by atoms with E-state index < -0.39 is 16.1 Å². The number of carbonyl (C=O) groups is 1. The van der Waals surface area contributed by atoms with Crippen LogP contribution in [0.1, 0.15) is 24.0 Å². The lowest BCUT2D eigenvalue weighted by Crippen LogP contribution is -2.51. The van der Waals surface area contributed by atoms with Gasteiger partial charge in [0.2, 0.25) is 15.9 Å². The number of piperidine rings is 1. The third kappa shape index (κ3) is 6.85. The normalized spacial score (nSPS) is 15.7. The summed E-state index contributed by atoms with van der Waals surface area (Å²) in [5.41, 5.74) is 2.16. The van der Waals surface area contributed by atoms with E-state index in [1.807, 2.05) is 48.5 Å². The number of hydrogen-bond donors (Lipinski definition) is 1. The Bertz CT molecular complexity index is 1250. The molecule has 1 atom stereocenters. The van der Waals surface area contributed by atoms with Crippen LogP contribution in [0.2, 0.25) is 10.0 Å². The second-order valence-electron chi connectivity index (χ2n) is 8.90. The van der Waals surface area contributed by atoms with E-state index in [2.05, 4.69) is 16.9 Å². The minimum atomic E-state index is -4.08. The summed E-state index contributed by atoms with van der Waals surface area (Å²) in [6, 6.07) is 23.0. The van der Waals surface area contributed by atoms with E-state index >= 15 is 0 Å². The number of halogens is 2. The molecule has 1 heterocycles. The molecular formula is C27H28Cl2N2O3S. The second kappa shape index (κ2) is 11.6. The van der Waals surface area contributed by atoms with Crippen molar-refractivity contribution >= 4 is 39.1 Å². The monoisotopic (exact) mass is 530 g/mol. The first-order chi connectivity index (χ1) is 16.8. The largest absolute Gasteiger partial charge is 0.341 e. The number of benzene rings is 3. The van der Waals surface area contributed by atoms with Gasteiger partial charge in [-0.15, -0.1) is 0 Å². The first kappa shape index (κ1) is 25.7. The number of carbonyl (C=O) groups excluding carboxylic acids is 1. The lowest BCUT2D eigenvalue weighted by atomic mass is 9.90. The summed E-state index contributed by atoms with van der Waals surface area (Å²) in [5.74, 6) is 0.268. The van der Waals surface area contributed by atoms with Crippen molar-refractivity contribution in [3.8, 4) is 0 Å². The van der Waals surface area contributed by atoms with Crippen LogP contribution in [0.4, 0.5) is 0 Å². The molecule has 0 aliphatic carbocycles. The molecule has 8 heteroatoms. The molecule has 1 N–H and O–H groups in total. The molecule has 35 heavy (non-hydrogen) atoms. The van der Waals surface area contributed by atoms with Crippen LogP contribution < -0.4 is 4.72 Å². The molecule has 1 fully saturated rings. The first-order valence-electron chi connectivity index (χ1n) is 11.7. The highest BCUT2D eigenvalue weighted by Gasteiger charge is 2.32. The maximum atomic E-state index is 13.6.